The lowest BCUT2D eigenvalue weighted by Gasteiger charge is -2.28. The number of carbonyl (C=O) groups excluding carboxylic acids is 1. The smallest absolute Gasteiger partial charge is 0.228 e. The van der Waals surface area contributed by atoms with E-state index in [4.69, 9.17) is 58.6 Å². The molecular weight excluding hydrogens is 388 g/mol. The standard InChI is InChI=1S/C13H15Cl4N3OS/c1-7(2)10(21)19-11(13(15,16)17)20-12(22)18-9-5-3-4-8(14)6-9/h3-7,11H,1-2H3,(H,19,21)(H2,18,20,22)/t11-/m0/s1. The molecule has 4 nitrogen and oxygen atoms in total. The maximum atomic E-state index is 11.8. The second-order valence-corrected chi connectivity index (χ2v) is 7.96. The van der Waals surface area contributed by atoms with Gasteiger partial charge in [0.2, 0.25) is 9.70 Å². The Kier molecular flexibility index (Phi) is 7.49. The molecule has 1 atom stereocenters. The minimum Gasteiger partial charge on any atom is -0.339 e. The number of hydrogen-bond acceptors (Lipinski definition) is 2. The average molecular weight is 403 g/mol. The van der Waals surface area contributed by atoms with Crippen LogP contribution in [0.1, 0.15) is 13.8 Å². The molecule has 0 spiro atoms. The fraction of sp³-hybridized carbons (Fsp3) is 0.385. The largest absolute Gasteiger partial charge is 0.339 e. The van der Waals surface area contributed by atoms with Crippen LogP contribution in [0.4, 0.5) is 5.69 Å². The van der Waals surface area contributed by atoms with Crippen LogP contribution in [-0.2, 0) is 4.79 Å². The number of thiocarbonyl (C=S) groups is 1. The Morgan fingerprint density at radius 1 is 1.23 bits per heavy atom. The first kappa shape index (κ1) is 19.6. The number of halogens is 4. The SMILES string of the molecule is CC(C)C(=O)N[C@@H](NC(=S)Nc1cccc(Cl)c1)C(Cl)(Cl)Cl. The zero-order valence-electron chi connectivity index (χ0n) is 11.8. The van der Waals surface area contributed by atoms with Crippen LogP contribution in [0.2, 0.25) is 5.02 Å². The molecule has 0 radical (unpaired) electrons. The summed E-state index contributed by atoms with van der Waals surface area (Å²) in [6, 6.07) is 6.96. The Hall–Kier alpha value is -0.460. The van der Waals surface area contributed by atoms with Crippen LogP contribution in [0.5, 0.6) is 0 Å². The second kappa shape index (κ2) is 8.41. The third-order valence-electron chi connectivity index (χ3n) is 2.50. The van der Waals surface area contributed by atoms with Crippen molar-refractivity contribution in [3.8, 4) is 0 Å². The van der Waals surface area contributed by atoms with Crippen molar-refractivity contribution < 1.29 is 4.79 Å². The Bertz CT molecular complexity index is 548. The molecule has 9 heteroatoms. The highest BCUT2D eigenvalue weighted by Gasteiger charge is 2.35. The lowest BCUT2D eigenvalue weighted by atomic mass is 10.2. The van der Waals surface area contributed by atoms with Gasteiger partial charge in [0.25, 0.3) is 0 Å². The lowest BCUT2D eigenvalue weighted by molar-refractivity contribution is -0.124. The highest BCUT2D eigenvalue weighted by atomic mass is 35.6. The van der Waals surface area contributed by atoms with Gasteiger partial charge in [-0.1, -0.05) is 66.3 Å². The number of amides is 1. The van der Waals surface area contributed by atoms with E-state index in [1.165, 1.54) is 0 Å². The first-order chi connectivity index (χ1) is 10.1. The molecule has 1 amide bonds. The number of hydrogen-bond donors (Lipinski definition) is 3. The third-order valence-corrected chi connectivity index (χ3v) is 3.61. The first-order valence-electron chi connectivity index (χ1n) is 6.29. The van der Waals surface area contributed by atoms with E-state index < -0.39 is 9.96 Å². The van der Waals surface area contributed by atoms with Crippen molar-refractivity contribution in [1.29, 1.82) is 0 Å². The number of anilines is 1. The summed E-state index contributed by atoms with van der Waals surface area (Å²) in [7, 11) is 0. The van der Waals surface area contributed by atoms with Crippen LogP contribution in [0.25, 0.3) is 0 Å². The van der Waals surface area contributed by atoms with Gasteiger partial charge in [-0.25, -0.2) is 0 Å². The van der Waals surface area contributed by atoms with Gasteiger partial charge >= 0.3 is 0 Å². The topological polar surface area (TPSA) is 53.2 Å². The van der Waals surface area contributed by atoms with Gasteiger partial charge in [-0.15, -0.1) is 0 Å². The summed E-state index contributed by atoms with van der Waals surface area (Å²) in [5.41, 5.74) is 0.670. The Morgan fingerprint density at radius 3 is 2.36 bits per heavy atom. The molecule has 22 heavy (non-hydrogen) atoms. The van der Waals surface area contributed by atoms with Gasteiger partial charge in [0.05, 0.1) is 0 Å². The molecule has 1 aromatic rings. The van der Waals surface area contributed by atoms with Crippen LogP contribution in [-0.4, -0.2) is 21.0 Å². The molecule has 0 aliphatic heterocycles. The maximum Gasteiger partial charge on any atom is 0.228 e. The number of nitrogens with one attached hydrogen (secondary N) is 3. The van der Waals surface area contributed by atoms with E-state index in [2.05, 4.69) is 16.0 Å². The van der Waals surface area contributed by atoms with Crippen LogP contribution >= 0.6 is 58.6 Å². The van der Waals surface area contributed by atoms with Gasteiger partial charge in [0.15, 0.2) is 5.11 Å². The number of carbonyl (C=O) groups is 1. The fourth-order valence-corrected chi connectivity index (χ4v) is 2.13. The van der Waals surface area contributed by atoms with Crippen molar-refractivity contribution in [3.05, 3.63) is 29.3 Å². The predicted molar refractivity (Wildman–Crippen MR) is 97.9 cm³/mol. The molecule has 0 saturated heterocycles. The van der Waals surface area contributed by atoms with Crippen LogP contribution in [0.3, 0.4) is 0 Å². The number of alkyl halides is 3. The third kappa shape index (κ3) is 6.75. The van der Waals surface area contributed by atoms with Crippen LogP contribution < -0.4 is 16.0 Å². The van der Waals surface area contributed by atoms with Crippen molar-refractivity contribution >= 4 is 75.3 Å². The quantitative estimate of drug-likeness (QED) is 0.403. The minimum absolute atomic E-state index is 0.183. The van der Waals surface area contributed by atoms with Crippen molar-refractivity contribution in [2.24, 2.45) is 5.92 Å². The lowest BCUT2D eigenvalue weighted by Crippen LogP contribution is -2.56. The van der Waals surface area contributed by atoms with Crippen LogP contribution in [0.15, 0.2) is 24.3 Å². The van der Waals surface area contributed by atoms with Gasteiger partial charge in [-0.05, 0) is 30.4 Å². The summed E-state index contributed by atoms with van der Waals surface area (Å²) in [5, 5.41) is 8.98. The molecule has 0 aliphatic carbocycles. The van der Waals surface area contributed by atoms with Gasteiger partial charge in [-0.2, -0.15) is 0 Å². The normalized spacial score (nSPS) is 12.7. The molecule has 1 aromatic carbocycles. The Morgan fingerprint density at radius 2 is 1.86 bits per heavy atom. The molecule has 0 saturated carbocycles. The first-order valence-corrected chi connectivity index (χ1v) is 8.22. The monoisotopic (exact) mass is 401 g/mol. The van der Waals surface area contributed by atoms with E-state index in [9.17, 15) is 4.79 Å². The average Bonchev–Trinajstić information content (AvgIpc) is 2.36. The van der Waals surface area contributed by atoms with Gasteiger partial charge in [-0.3, -0.25) is 4.79 Å². The van der Waals surface area contributed by atoms with E-state index in [0.717, 1.165) is 0 Å². The zero-order valence-corrected chi connectivity index (χ0v) is 15.6. The van der Waals surface area contributed by atoms with E-state index in [0.29, 0.717) is 10.7 Å². The zero-order chi connectivity index (χ0) is 16.9. The van der Waals surface area contributed by atoms with Crippen molar-refractivity contribution in [2.75, 3.05) is 5.32 Å². The molecule has 0 aliphatic rings. The summed E-state index contributed by atoms with van der Waals surface area (Å²) >= 11 is 28.6. The summed E-state index contributed by atoms with van der Waals surface area (Å²) in [6.45, 7) is 3.46. The Labute approximate surface area is 154 Å². The van der Waals surface area contributed by atoms with Crippen molar-refractivity contribution in [2.45, 2.75) is 23.8 Å². The predicted octanol–water partition coefficient (Wildman–Crippen LogP) is 4.09. The van der Waals surface area contributed by atoms with Crippen molar-refractivity contribution in [1.82, 2.24) is 10.6 Å². The number of rotatable bonds is 4. The van der Waals surface area contributed by atoms with E-state index >= 15 is 0 Å². The van der Waals surface area contributed by atoms with Crippen LogP contribution in [0, 0.1) is 5.92 Å². The number of benzene rings is 1. The Balaban J connectivity index is 2.73. The second-order valence-electron chi connectivity index (χ2n) is 4.75. The van der Waals surface area contributed by atoms with E-state index in [-0.39, 0.29) is 16.9 Å². The molecule has 3 N–H and O–H groups in total. The molecule has 0 heterocycles. The molecular formula is C13H15Cl4N3OS. The molecule has 0 fully saturated rings. The highest BCUT2D eigenvalue weighted by molar-refractivity contribution is 7.80. The molecule has 0 unspecified atom stereocenters. The summed E-state index contributed by atoms with van der Waals surface area (Å²) in [6.07, 6.45) is -0.980. The van der Waals surface area contributed by atoms with Gasteiger partial charge in [0.1, 0.15) is 6.17 Å². The van der Waals surface area contributed by atoms with Crippen molar-refractivity contribution in [3.63, 3.8) is 0 Å². The van der Waals surface area contributed by atoms with E-state index in [1.807, 2.05) is 0 Å². The minimum atomic E-state index is -1.77. The van der Waals surface area contributed by atoms with Gasteiger partial charge in [0, 0.05) is 16.6 Å². The summed E-state index contributed by atoms with van der Waals surface area (Å²) in [5.74, 6) is -0.527. The molecule has 122 valence electrons. The summed E-state index contributed by atoms with van der Waals surface area (Å²) < 4.78 is -1.77. The molecule has 0 aromatic heterocycles. The molecule has 0 bridgehead atoms. The van der Waals surface area contributed by atoms with Gasteiger partial charge < -0.3 is 16.0 Å². The summed E-state index contributed by atoms with van der Waals surface area (Å²) in [4.78, 5) is 11.8. The molecule has 1 rings (SSSR count). The highest BCUT2D eigenvalue weighted by Crippen LogP contribution is 2.29. The maximum absolute atomic E-state index is 11.8. The van der Waals surface area contributed by atoms with E-state index in [1.54, 1.807) is 38.1 Å². The fourth-order valence-electron chi connectivity index (χ4n) is 1.37.